The van der Waals surface area contributed by atoms with Crippen molar-refractivity contribution in [1.82, 2.24) is 5.32 Å². The molecule has 0 aliphatic rings. The third-order valence-corrected chi connectivity index (χ3v) is 3.24. The van der Waals surface area contributed by atoms with Crippen molar-refractivity contribution in [2.75, 3.05) is 0 Å². The van der Waals surface area contributed by atoms with Crippen LogP contribution in [0.5, 0.6) is 0 Å². The van der Waals surface area contributed by atoms with Crippen molar-refractivity contribution in [3.8, 4) is 6.07 Å². The fraction of sp³-hybridized carbons (Fsp3) is 0.167. The number of ketones is 1. The fourth-order valence-electron chi connectivity index (χ4n) is 1.97. The molecule has 0 unspecified atom stereocenters. The van der Waals surface area contributed by atoms with Crippen LogP contribution < -0.4 is 5.32 Å². The van der Waals surface area contributed by atoms with Crippen molar-refractivity contribution in [2.45, 2.75) is 19.6 Å². The van der Waals surface area contributed by atoms with Crippen molar-refractivity contribution in [1.29, 1.82) is 5.26 Å². The minimum atomic E-state index is -0.716. The molecule has 1 amide bonds. The average Bonchev–Trinajstić information content (AvgIpc) is 2.60. The highest BCUT2D eigenvalue weighted by Gasteiger charge is 2.18. The van der Waals surface area contributed by atoms with Crippen molar-refractivity contribution >= 4 is 11.9 Å². The summed E-state index contributed by atoms with van der Waals surface area (Å²) in [6.45, 7) is 1.73. The van der Waals surface area contributed by atoms with Gasteiger partial charge in [0, 0.05) is 5.56 Å². The summed E-state index contributed by atoms with van der Waals surface area (Å²) in [5.41, 5.74) is 1.78. The largest absolute Gasteiger partial charge is 0.445 e. The number of nitrogens with one attached hydrogen (secondary N) is 1. The summed E-state index contributed by atoms with van der Waals surface area (Å²) in [4.78, 5) is 23.9. The zero-order valence-electron chi connectivity index (χ0n) is 12.7. The van der Waals surface area contributed by atoms with E-state index >= 15 is 0 Å². The number of Topliss-reactive ketones (excluding diaryl/α,β-unsaturated/α-hetero) is 1. The van der Waals surface area contributed by atoms with Crippen LogP contribution in [0.25, 0.3) is 0 Å². The Hall–Kier alpha value is -3.13. The number of rotatable bonds is 5. The SMILES string of the molecule is C[C@H](NC(=O)OCc1ccccc1)C(=O)c1ccc(C#N)cc1. The topological polar surface area (TPSA) is 79.2 Å². The molecule has 116 valence electrons. The molecule has 0 aliphatic heterocycles. The van der Waals surface area contributed by atoms with Crippen molar-refractivity contribution in [3.63, 3.8) is 0 Å². The number of nitriles is 1. The van der Waals surface area contributed by atoms with Crippen molar-refractivity contribution < 1.29 is 14.3 Å². The van der Waals surface area contributed by atoms with Gasteiger partial charge in [0.25, 0.3) is 0 Å². The highest BCUT2D eigenvalue weighted by molar-refractivity contribution is 6.01. The number of nitrogens with zero attached hydrogens (tertiary/aromatic N) is 1. The van der Waals surface area contributed by atoms with Gasteiger partial charge in [-0.2, -0.15) is 5.26 Å². The van der Waals surface area contributed by atoms with Gasteiger partial charge in [-0.25, -0.2) is 4.79 Å². The Bertz CT molecular complexity index is 718. The second kappa shape index (κ2) is 7.76. The first-order valence-corrected chi connectivity index (χ1v) is 7.11. The van der Waals surface area contributed by atoms with E-state index in [4.69, 9.17) is 10.00 Å². The number of carbonyl (C=O) groups excluding carboxylic acids is 2. The summed E-state index contributed by atoms with van der Waals surface area (Å²) >= 11 is 0. The lowest BCUT2D eigenvalue weighted by molar-refractivity contribution is 0.0926. The van der Waals surface area contributed by atoms with Crippen LogP contribution in [0.1, 0.15) is 28.4 Å². The zero-order chi connectivity index (χ0) is 16.7. The van der Waals surface area contributed by atoms with E-state index in [0.717, 1.165) is 5.56 Å². The molecule has 1 N–H and O–H groups in total. The summed E-state index contributed by atoms with van der Waals surface area (Å²) in [6, 6.07) is 16.8. The van der Waals surface area contributed by atoms with Crippen LogP contribution in [-0.4, -0.2) is 17.9 Å². The Morgan fingerprint density at radius 3 is 2.39 bits per heavy atom. The van der Waals surface area contributed by atoms with Crippen LogP contribution in [0.4, 0.5) is 4.79 Å². The van der Waals surface area contributed by atoms with E-state index in [9.17, 15) is 9.59 Å². The molecule has 2 aromatic rings. The van der Waals surface area contributed by atoms with Crippen LogP contribution in [0.3, 0.4) is 0 Å². The summed E-state index contributed by atoms with van der Waals surface area (Å²) in [7, 11) is 0. The van der Waals surface area contributed by atoms with Crippen LogP contribution in [-0.2, 0) is 11.3 Å². The first kappa shape index (κ1) is 16.2. The van der Waals surface area contributed by atoms with Gasteiger partial charge in [-0.3, -0.25) is 4.79 Å². The summed E-state index contributed by atoms with van der Waals surface area (Å²) in [6.07, 6.45) is -0.650. The first-order valence-electron chi connectivity index (χ1n) is 7.11. The predicted octanol–water partition coefficient (Wildman–Crippen LogP) is 3.06. The molecule has 1 atom stereocenters. The third kappa shape index (κ3) is 4.68. The number of ether oxygens (including phenoxy) is 1. The minimum absolute atomic E-state index is 0.143. The Kier molecular flexibility index (Phi) is 5.48. The zero-order valence-corrected chi connectivity index (χ0v) is 12.7. The van der Waals surface area contributed by atoms with Crippen LogP contribution in [0.15, 0.2) is 54.6 Å². The quantitative estimate of drug-likeness (QED) is 0.861. The first-order chi connectivity index (χ1) is 11.1. The molecule has 5 nitrogen and oxygen atoms in total. The Morgan fingerprint density at radius 2 is 1.78 bits per heavy atom. The van der Waals surface area contributed by atoms with Crippen LogP contribution in [0, 0.1) is 11.3 Å². The molecular weight excluding hydrogens is 292 g/mol. The Morgan fingerprint density at radius 1 is 1.13 bits per heavy atom. The third-order valence-electron chi connectivity index (χ3n) is 3.24. The van der Waals surface area contributed by atoms with Gasteiger partial charge in [0.2, 0.25) is 0 Å². The molecular formula is C18H16N2O3. The van der Waals surface area contributed by atoms with Gasteiger partial charge in [-0.05, 0) is 24.6 Å². The molecule has 0 saturated carbocycles. The maximum absolute atomic E-state index is 12.2. The standard InChI is InChI=1S/C18H16N2O3/c1-13(17(21)16-9-7-14(11-19)8-10-16)20-18(22)23-12-15-5-3-2-4-6-15/h2-10,13H,12H2,1H3,(H,20,22)/t13-/m0/s1. The summed E-state index contributed by atoms with van der Waals surface area (Å²) < 4.78 is 5.08. The van der Waals surface area contributed by atoms with Gasteiger partial charge in [0.05, 0.1) is 17.7 Å². The molecule has 0 aliphatic carbocycles. The maximum Gasteiger partial charge on any atom is 0.408 e. The van der Waals surface area contributed by atoms with E-state index in [1.807, 2.05) is 36.4 Å². The number of amides is 1. The number of alkyl carbamates (subject to hydrolysis) is 1. The molecule has 0 heterocycles. The number of hydrogen-bond acceptors (Lipinski definition) is 4. The maximum atomic E-state index is 12.2. The van der Waals surface area contributed by atoms with Gasteiger partial charge in [0.15, 0.2) is 5.78 Å². The molecule has 23 heavy (non-hydrogen) atoms. The van der Waals surface area contributed by atoms with E-state index in [2.05, 4.69) is 5.32 Å². The molecule has 0 radical (unpaired) electrons. The van der Waals surface area contributed by atoms with Gasteiger partial charge in [-0.15, -0.1) is 0 Å². The monoisotopic (exact) mass is 308 g/mol. The smallest absolute Gasteiger partial charge is 0.408 e. The highest BCUT2D eigenvalue weighted by Crippen LogP contribution is 2.07. The Labute approximate surface area is 134 Å². The van der Waals surface area contributed by atoms with E-state index in [1.54, 1.807) is 31.2 Å². The molecule has 0 aromatic heterocycles. The second-order valence-corrected chi connectivity index (χ2v) is 4.98. The van der Waals surface area contributed by atoms with E-state index in [0.29, 0.717) is 11.1 Å². The number of carbonyl (C=O) groups is 2. The van der Waals surface area contributed by atoms with Crippen molar-refractivity contribution in [3.05, 3.63) is 71.3 Å². The second-order valence-electron chi connectivity index (χ2n) is 4.98. The van der Waals surface area contributed by atoms with Gasteiger partial charge in [0.1, 0.15) is 6.61 Å². The van der Waals surface area contributed by atoms with Crippen LogP contribution >= 0.6 is 0 Å². The van der Waals surface area contributed by atoms with Gasteiger partial charge < -0.3 is 10.1 Å². The molecule has 5 heteroatoms. The molecule has 2 aromatic carbocycles. The number of hydrogen-bond donors (Lipinski definition) is 1. The lowest BCUT2D eigenvalue weighted by Gasteiger charge is -2.13. The molecule has 0 bridgehead atoms. The van der Waals surface area contributed by atoms with Crippen LogP contribution in [0.2, 0.25) is 0 Å². The highest BCUT2D eigenvalue weighted by atomic mass is 16.5. The Balaban J connectivity index is 1.87. The van der Waals surface area contributed by atoms with E-state index in [1.165, 1.54) is 0 Å². The molecule has 0 saturated heterocycles. The van der Waals surface area contributed by atoms with Gasteiger partial charge in [-0.1, -0.05) is 42.5 Å². The van der Waals surface area contributed by atoms with Gasteiger partial charge >= 0.3 is 6.09 Å². The summed E-state index contributed by atoms with van der Waals surface area (Å²) in [5, 5.41) is 11.2. The fourth-order valence-corrected chi connectivity index (χ4v) is 1.97. The van der Waals surface area contributed by atoms with E-state index < -0.39 is 12.1 Å². The normalized spacial score (nSPS) is 11.1. The van der Waals surface area contributed by atoms with Crippen molar-refractivity contribution in [2.24, 2.45) is 0 Å². The lowest BCUT2D eigenvalue weighted by Crippen LogP contribution is -2.38. The molecule has 2 rings (SSSR count). The number of benzene rings is 2. The molecule has 0 spiro atoms. The summed E-state index contributed by atoms with van der Waals surface area (Å²) in [5.74, 6) is -0.244. The lowest BCUT2D eigenvalue weighted by atomic mass is 10.0. The predicted molar refractivity (Wildman–Crippen MR) is 84.7 cm³/mol. The molecule has 0 fully saturated rings. The van der Waals surface area contributed by atoms with E-state index in [-0.39, 0.29) is 12.4 Å². The average molecular weight is 308 g/mol. The minimum Gasteiger partial charge on any atom is -0.445 e.